The molecule has 3 nitrogen and oxygen atoms in total. The van der Waals surface area contributed by atoms with Gasteiger partial charge < -0.3 is 4.74 Å². The molecule has 0 atom stereocenters. The lowest BCUT2D eigenvalue weighted by atomic mass is 10.1. The van der Waals surface area contributed by atoms with Crippen LogP contribution in [0.15, 0.2) is 66.2 Å². The molecule has 27 heavy (non-hydrogen) atoms. The van der Waals surface area contributed by atoms with Gasteiger partial charge in [-0.1, -0.05) is 68.3 Å². The Labute approximate surface area is 162 Å². The van der Waals surface area contributed by atoms with E-state index in [0.29, 0.717) is 6.61 Å². The first-order valence-electron chi connectivity index (χ1n) is 9.33. The summed E-state index contributed by atoms with van der Waals surface area (Å²) >= 11 is 0. The van der Waals surface area contributed by atoms with Gasteiger partial charge >= 0.3 is 5.97 Å². The molecule has 140 valence electrons. The number of hydrogen-bond donors (Lipinski definition) is 0. The van der Waals surface area contributed by atoms with Crippen molar-refractivity contribution in [2.75, 3.05) is 6.61 Å². The molecule has 0 aliphatic carbocycles. The van der Waals surface area contributed by atoms with E-state index < -0.39 is 0 Å². The number of rotatable bonds is 9. The molecule has 0 aliphatic rings. The Morgan fingerprint density at radius 2 is 1.70 bits per heavy atom. The SMILES string of the molecule is C=C(C)c1ccc(C=Nc2ccc(C=CC(=O)OCCCCC)cc2)cc1. The van der Waals surface area contributed by atoms with Crippen molar-refractivity contribution in [2.24, 2.45) is 4.99 Å². The van der Waals surface area contributed by atoms with Gasteiger partial charge in [-0.05, 0) is 48.2 Å². The molecule has 0 amide bonds. The fourth-order valence-electron chi connectivity index (χ4n) is 2.41. The Kier molecular flexibility index (Phi) is 8.24. The zero-order valence-electron chi connectivity index (χ0n) is 16.2. The van der Waals surface area contributed by atoms with E-state index in [1.54, 1.807) is 6.08 Å². The maximum Gasteiger partial charge on any atom is 0.330 e. The normalized spacial score (nSPS) is 11.2. The molecular weight excluding hydrogens is 334 g/mol. The molecule has 0 bridgehead atoms. The van der Waals surface area contributed by atoms with Gasteiger partial charge in [-0.25, -0.2) is 4.79 Å². The van der Waals surface area contributed by atoms with Crippen molar-refractivity contribution in [1.29, 1.82) is 0 Å². The average Bonchev–Trinajstić information content (AvgIpc) is 2.69. The Morgan fingerprint density at radius 1 is 1.04 bits per heavy atom. The fraction of sp³-hybridized carbons (Fsp3) is 0.250. The van der Waals surface area contributed by atoms with Crippen LogP contribution in [-0.2, 0) is 9.53 Å². The van der Waals surface area contributed by atoms with Crippen molar-refractivity contribution in [2.45, 2.75) is 33.1 Å². The summed E-state index contributed by atoms with van der Waals surface area (Å²) in [6, 6.07) is 15.8. The third kappa shape index (κ3) is 7.45. The van der Waals surface area contributed by atoms with Crippen molar-refractivity contribution < 1.29 is 9.53 Å². The van der Waals surface area contributed by atoms with Crippen molar-refractivity contribution in [3.8, 4) is 0 Å². The molecule has 0 N–H and O–H groups in total. The molecule has 2 aromatic carbocycles. The highest BCUT2D eigenvalue weighted by Crippen LogP contribution is 2.15. The van der Waals surface area contributed by atoms with Crippen molar-refractivity contribution in [3.05, 3.63) is 77.9 Å². The van der Waals surface area contributed by atoms with E-state index >= 15 is 0 Å². The maximum absolute atomic E-state index is 11.6. The highest BCUT2D eigenvalue weighted by Gasteiger charge is 1.97. The van der Waals surface area contributed by atoms with E-state index in [1.165, 1.54) is 6.08 Å². The number of carbonyl (C=O) groups excluding carboxylic acids is 1. The minimum Gasteiger partial charge on any atom is -0.463 e. The zero-order chi connectivity index (χ0) is 19.5. The van der Waals surface area contributed by atoms with E-state index in [2.05, 4.69) is 18.5 Å². The van der Waals surface area contributed by atoms with Gasteiger partial charge in [0.2, 0.25) is 0 Å². The second-order valence-corrected chi connectivity index (χ2v) is 6.46. The summed E-state index contributed by atoms with van der Waals surface area (Å²) in [7, 11) is 0. The number of hydrogen-bond acceptors (Lipinski definition) is 3. The molecule has 0 aliphatic heterocycles. The van der Waals surface area contributed by atoms with Gasteiger partial charge in [0.1, 0.15) is 0 Å². The molecule has 0 aromatic heterocycles. The standard InChI is InChI=1S/C24H27NO2/c1-4-5-6-17-27-24(26)16-11-20-9-14-23(15-10-20)25-18-21-7-12-22(13-8-21)19(2)3/h7-16,18H,2,4-6,17H2,1,3H3. The second-order valence-electron chi connectivity index (χ2n) is 6.46. The Balaban J connectivity index is 1.88. The monoisotopic (exact) mass is 361 g/mol. The Morgan fingerprint density at radius 3 is 2.33 bits per heavy atom. The maximum atomic E-state index is 11.6. The van der Waals surface area contributed by atoms with E-state index in [0.717, 1.165) is 47.2 Å². The predicted molar refractivity (Wildman–Crippen MR) is 114 cm³/mol. The minimum absolute atomic E-state index is 0.300. The first-order chi connectivity index (χ1) is 13.1. The smallest absolute Gasteiger partial charge is 0.330 e. The second kappa shape index (κ2) is 10.9. The van der Waals surface area contributed by atoms with Crippen LogP contribution in [-0.4, -0.2) is 18.8 Å². The van der Waals surface area contributed by atoms with Gasteiger partial charge in [-0.15, -0.1) is 0 Å². The first-order valence-corrected chi connectivity index (χ1v) is 9.33. The van der Waals surface area contributed by atoms with Gasteiger partial charge in [0, 0.05) is 12.3 Å². The van der Waals surface area contributed by atoms with Crippen LogP contribution < -0.4 is 0 Å². The molecule has 0 radical (unpaired) electrons. The van der Waals surface area contributed by atoms with Gasteiger partial charge in [0.25, 0.3) is 0 Å². The van der Waals surface area contributed by atoms with Crippen molar-refractivity contribution in [3.63, 3.8) is 0 Å². The number of nitrogens with zero attached hydrogens (tertiary/aromatic N) is 1. The largest absolute Gasteiger partial charge is 0.463 e. The van der Waals surface area contributed by atoms with Gasteiger partial charge in [0.05, 0.1) is 12.3 Å². The molecule has 0 unspecified atom stereocenters. The van der Waals surface area contributed by atoms with Crippen LogP contribution in [0.25, 0.3) is 11.6 Å². The summed E-state index contributed by atoms with van der Waals surface area (Å²) in [6.07, 6.45) is 8.16. The summed E-state index contributed by atoms with van der Waals surface area (Å²) in [5.74, 6) is -0.300. The third-order valence-electron chi connectivity index (χ3n) is 4.06. The summed E-state index contributed by atoms with van der Waals surface area (Å²) in [5.41, 5.74) is 5.01. The summed E-state index contributed by atoms with van der Waals surface area (Å²) in [4.78, 5) is 16.1. The molecule has 0 saturated heterocycles. The van der Waals surface area contributed by atoms with E-state index in [-0.39, 0.29) is 5.97 Å². The molecule has 0 saturated carbocycles. The quantitative estimate of drug-likeness (QED) is 0.230. The van der Waals surface area contributed by atoms with Crippen LogP contribution in [0.2, 0.25) is 0 Å². The highest BCUT2D eigenvalue weighted by atomic mass is 16.5. The number of esters is 1. The van der Waals surface area contributed by atoms with Crippen LogP contribution in [0.1, 0.15) is 49.8 Å². The molecule has 0 spiro atoms. The number of ether oxygens (including phenoxy) is 1. The van der Waals surface area contributed by atoms with Crippen LogP contribution in [0.5, 0.6) is 0 Å². The number of benzene rings is 2. The van der Waals surface area contributed by atoms with Crippen LogP contribution in [0.3, 0.4) is 0 Å². The molecule has 3 heteroatoms. The Bertz CT molecular complexity index is 799. The van der Waals surface area contributed by atoms with Gasteiger partial charge in [-0.2, -0.15) is 0 Å². The minimum atomic E-state index is -0.300. The zero-order valence-corrected chi connectivity index (χ0v) is 16.2. The summed E-state index contributed by atoms with van der Waals surface area (Å²) in [6.45, 7) is 8.53. The van der Waals surface area contributed by atoms with E-state index in [9.17, 15) is 4.79 Å². The predicted octanol–water partition coefficient (Wildman–Crippen LogP) is 6.22. The molecule has 0 fully saturated rings. The molecular formula is C24H27NO2. The topological polar surface area (TPSA) is 38.7 Å². The number of allylic oxidation sites excluding steroid dienone is 1. The van der Waals surface area contributed by atoms with Crippen LogP contribution in [0, 0.1) is 0 Å². The van der Waals surface area contributed by atoms with Gasteiger partial charge in [0.15, 0.2) is 0 Å². The lowest BCUT2D eigenvalue weighted by Crippen LogP contribution is -2.01. The molecule has 0 heterocycles. The fourth-order valence-corrected chi connectivity index (χ4v) is 2.41. The van der Waals surface area contributed by atoms with E-state index in [1.807, 2.05) is 61.7 Å². The van der Waals surface area contributed by atoms with Crippen molar-refractivity contribution in [1.82, 2.24) is 0 Å². The summed E-state index contributed by atoms with van der Waals surface area (Å²) in [5, 5.41) is 0. The van der Waals surface area contributed by atoms with Gasteiger partial charge in [-0.3, -0.25) is 4.99 Å². The lowest BCUT2D eigenvalue weighted by molar-refractivity contribution is -0.137. The van der Waals surface area contributed by atoms with Crippen LogP contribution >= 0.6 is 0 Å². The summed E-state index contributed by atoms with van der Waals surface area (Å²) < 4.78 is 5.15. The highest BCUT2D eigenvalue weighted by molar-refractivity contribution is 5.87. The van der Waals surface area contributed by atoms with Crippen molar-refractivity contribution >= 4 is 29.5 Å². The lowest BCUT2D eigenvalue weighted by Gasteiger charge is -2.01. The first kappa shape index (κ1) is 20.4. The molecule has 2 aromatic rings. The van der Waals surface area contributed by atoms with E-state index in [4.69, 9.17) is 4.74 Å². The number of carbonyl (C=O) groups is 1. The number of aliphatic imine (C=N–C) groups is 1. The average molecular weight is 361 g/mol. The third-order valence-corrected chi connectivity index (χ3v) is 4.06. The molecule has 2 rings (SSSR count). The van der Waals surface area contributed by atoms with Crippen LogP contribution in [0.4, 0.5) is 5.69 Å². The number of unbranched alkanes of at least 4 members (excludes halogenated alkanes) is 2. The Hall–Kier alpha value is -2.94.